The smallest absolute Gasteiger partial charge is 0.125 e. The molecule has 1 rings (SSSR count). The number of hydrogen-bond donors (Lipinski definition) is 1. The lowest BCUT2D eigenvalue weighted by atomic mass is 10.2. The fraction of sp³-hybridized carbons (Fsp3) is 0.647. The number of ether oxygens (including phenoxy) is 2. The van der Waals surface area contributed by atoms with Crippen LogP contribution in [0.3, 0.4) is 0 Å². The summed E-state index contributed by atoms with van der Waals surface area (Å²) < 4.78 is 11.4. The molecule has 0 aromatic heterocycles. The van der Waals surface area contributed by atoms with Gasteiger partial charge in [-0.15, -0.1) is 0 Å². The first-order valence-corrected chi connectivity index (χ1v) is 7.81. The van der Waals surface area contributed by atoms with Crippen molar-refractivity contribution in [1.29, 1.82) is 0 Å². The highest BCUT2D eigenvalue weighted by Crippen LogP contribution is 2.25. The summed E-state index contributed by atoms with van der Waals surface area (Å²) in [6.45, 7) is 5.76. The van der Waals surface area contributed by atoms with Crippen molar-refractivity contribution in [3.8, 4) is 11.5 Å². The molecule has 0 heterocycles. The molecular formula is C17H28O3. The van der Waals surface area contributed by atoms with Crippen molar-refractivity contribution < 1.29 is 14.6 Å². The van der Waals surface area contributed by atoms with Crippen LogP contribution in [0.2, 0.25) is 0 Å². The van der Waals surface area contributed by atoms with Crippen LogP contribution < -0.4 is 9.47 Å². The quantitative estimate of drug-likeness (QED) is 0.614. The van der Waals surface area contributed by atoms with Crippen LogP contribution >= 0.6 is 0 Å². The second kappa shape index (κ2) is 10.6. The van der Waals surface area contributed by atoms with Crippen molar-refractivity contribution in [3.05, 3.63) is 23.8 Å². The molecule has 114 valence electrons. The second-order valence-electron chi connectivity index (χ2n) is 5.04. The molecule has 1 N–H and O–H groups in total. The monoisotopic (exact) mass is 280 g/mol. The maximum Gasteiger partial charge on any atom is 0.125 e. The van der Waals surface area contributed by atoms with E-state index in [-0.39, 0.29) is 6.61 Å². The number of hydrogen-bond acceptors (Lipinski definition) is 3. The molecule has 0 aliphatic rings. The SMILES string of the molecule is CCCCCOc1ccc(OCCCCC)c(CO)c1. The first kappa shape index (κ1) is 16.8. The minimum atomic E-state index is -0.0186. The van der Waals surface area contributed by atoms with Crippen LogP contribution in [0.15, 0.2) is 18.2 Å². The minimum Gasteiger partial charge on any atom is -0.494 e. The third-order valence-electron chi connectivity index (χ3n) is 3.22. The number of aliphatic hydroxyl groups is 1. The topological polar surface area (TPSA) is 38.7 Å². The van der Waals surface area contributed by atoms with Gasteiger partial charge in [0.1, 0.15) is 11.5 Å². The van der Waals surface area contributed by atoms with E-state index in [2.05, 4.69) is 13.8 Å². The molecule has 3 heteroatoms. The maximum atomic E-state index is 9.42. The zero-order valence-corrected chi connectivity index (χ0v) is 12.9. The molecule has 0 aliphatic carbocycles. The summed E-state index contributed by atoms with van der Waals surface area (Å²) in [5.74, 6) is 1.58. The van der Waals surface area contributed by atoms with E-state index in [1.165, 1.54) is 25.7 Å². The lowest BCUT2D eigenvalue weighted by Gasteiger charge is -2.12. The molecule has 0 saturated carbocycles. The fourth-order valence-electron chi connectivity index (χ4n) is 1.99. The molecule has 0 unspecified atom stereocenters. The van der Waals surface area contributed by atoms with E-state index < -0.39 is 0 Å². The van der Waals surface area contributed by atoms with Crippen molar-refractivity contribution in [2.24, 2.45) is 0 Å². The average molecular weight is 280 g/mol. The van der Waals surface area contributed by atoms with Crippen LogP contribution in [0.25, 0.3) is 0 Å². The van der Waals surface area contributed by atoms with E-state index in [4.69, 9.17) is 9.47 Å². The zero-order valence-electron chi connectivity index (χ0n) is 12.9. The van der Waals surface area contributed by atoms with Crippen LogP contribution in [0, 0.1) is 0 Å². The number of rotatable bonds is 11. The van der Waals surface area contributed by atoms with E-state index in [9.17, 15) is 5.11 Å². The molecule has 0 fully saturated rings. The molecular weight excluding hydrogens is 252 g/mol. The van der Waals surface area contributed by atoms with Crippen LogP contribution in [0.1, 0.15) is 57.9 Å². The van der Waals surface area contributed by atoms with Gasteiger partial charge in [-0.05, 0) is 31.0 Å². The van der Waals surface area contributed by atoms with Gasteiger partial charge in [0, 0.05) is 5.56 Å². The Balaban J connectivity index is 2.47. The number of benzene rings is 1. The highest BCUT2D eigenvalue weighted by molar-refractivity contribution is 5.39. The molecule has 0 bridgehead atoms. The Kier molecular flexibility index (Phi) is 8.88. The van der Waals surface area contributed by atoms with E-state index >= 15 is 0 Å². The Hall–Kier alpha value is -1.22. The Labute approximate surface area is 122 Å². The van der Waals surface area contributed by atoms with E-state index in [1.54, 1.807) is 0 Å². The van der Waals surface area contributed by atoms with E-state index in [0.29, 0.717) is 6.61 Å². The Bertz CT molecular complexity index is 363. The van der Waals surface area contributed by atoms with Gasteiger partial charge in [-0.1, -0.05) is 39.5 Å². The molecule has 1 aromatic rings. The van der Waals surface area contributed by atoms with Gasteiger partial charge in [0.15, 0.2) is 0 Å². The first-order valence-electron chi connectivity index (χ1n) is 7.81. The molecule has 1 aromatic carbocycles. The molecule has 0 spiro atoms. The Morgan fingerprint density at radius 1 is 0.900 bits per heavy atom. The second-order valence-corrected chi connectivity index (χ2v) is 5.04. The van der Waals surface area contributed by atoms with Crippen molar-refractivity contribution >= 4 is 0 Å². The fourth-order valence-corrected chi connectivity index (χ4v) is 1.99. The molecule has 0 saturated heterocycles. The molecule has 20 heavy (non-hydrogen) atoms. The number of unbranched alkanes of at least 4 members (excludes halogenated alkanes) is 4. The summed E-state index contributed by atoms with van der Waals surface area (Å²) in [5, 5.41) is 9.42. The lowest BCUT2D eigenvalue weighted by molar-refractivity contribution is 0.257. The summed E-state index contributed by atoms with van der Waals surface area (Å²) >= 11 is 0. The van der Waals surface area contributed by atoms with Crippen LogP contribution in [0.4, 0.5) is 0 Å². The van der Waals surface area contributed by atoms with Gasteiger partial charge in [-0.3, -0.25) is 0 Å². The van der Waals surface area contributed by atoms with Crippen molar-refractivity contribution in [2.45, 2.75) is 59.0 Å². The van der Waals surface area contributed by atoms with Crippen LogP contribution in [-0.4, -0.2) is 18.3 Å². The predicted octanol–water partition coefficient (Wildman–Crippen LogP) is 4.32. The summed E-state index contributed by atoms with van der Waals surface area (Å²) in [4.78, 5) is 0. The number of aliphatic hydroxyl groups excluding tert-OH is 1. The van der Waals surface area contributed by atoms with Gasteiger partial charge in [-0.25, -0.2) is 0 Å². The standard InChI is InChI=1S/C17H28O3/c1-3-5-7-11-19-16-9-10-17(15(13-16)14-18)20-12-8-6-4-2/h9-10,13,18H,3-8,11-12,14H2,1-2H3. The highest BCUT2D eigenvalue weighted by Gasteiger charge is 2.05. The lowest BCUT2D eigenvalue weighted by Crippen LogP contribution is -2.02. The Morgan fingerprint density at radius 2 is 1.55 bits per heavy atom. The van der Waals surface area contributed by atoms with E-state index in [0.717, 1.165) is 36.5 Å². The summed E-state index contributed by atoms with van der Waals surface area (Å²) in [5.41, 5.74) is 0.800. The third-order valence-corrected chi connectivity index (χ3v) is 3.22. The molecule has 0 amide bonds. The van der Waals surface area contributed by atoms with Crippen LogP contribution in [0.5, 0.6) is 11.5 Å². The van der Waals surface area contributed by atoms with Crippen molar-refractivity contribution in [2.75, 3.05) is 13.2 Å². The largest absolute Gasteiger partial charge is 0.494 e. The Morgan fingerprint density at radius 3 is 2.15 bits per heavy atom. The van der Waals surface area contributed by atoms with Gasteiger partial charge in [0.05, 0.1) is 19.8 Å². The highest BCUT2D eigenvalue weighted by atomic mass is 16.5. The van der Waals surface area contributed by atoms with Gasteiger partial charge < -0.3 is 14.6 Å². The average Bonchev–Trinajstić information content (AvgIpc) is 2.49. The zero-order chi connectivity index (χ0) is 14.6. The summed E-state index contributed by atoms with van der Waals surface area (Å²) in [6.07, 6.45) is 6.85. The molecule has 0 atom stereocenters. The molecule has 0 aliphatic heterocycles. The van der Waals surface area contributed by atoms with Gasteiger partial charge in [0.25, 0.3) is 0 Å². The minimum absolute atomic E-state index is 0.0186. The molecule has 0 radical (unpaired) electrons. The predicted molar refractivity (Wildman–Crippen MR) is 82.4 cm³/mol. The van der Waals surface area contributed by atoms with Crippen LogP contribution in [-0.2, 0) is 6.61 Å². The van der Waals surface area contributed by atoms with Crippen molar-refractivity contribution in [1.82, 2.24) is 0 Å². The summed E-state index contributed by atoms with van der Waals surface area (Å²) in [7, 11) is 0. The van der Waals surface area contributed by atoms with Crippen molar-refractivity contribution in [3.63, 3.8) is 0 Å². The van der Waals surface area contributed by atoms with Gasteiger partial charge >= 0.3 is 0 Å². The van der Waals surface area contributed by atoms with Gasteiger partial charge in [-0.2, -0.15) is 0 Å². The first-order chi connectivity index (χ1) is 9.81. The van der Waals surface area contributed by atoms with E-state index in [1.807, 2.05) is 18.2 Å². The van der Waals surface area contributed by atoms with Gasteiger partial charge in [0.2, 0.25) is 0 Å². The third kappa shape index (κ3) is 6.29. The molecule has 3 nitrogen and oxygen atoms in total. The normalized spacial score (nSPS) is 10.6. The summed E-state index contributed by atoms with van der Waals surface area (Å²) in [6, 6.07) is 5.69. The maximum absolute atomic E-state index is 9.42.